The van der Waals surface area contributed by atoms with Crippen molar-refractivity contribution in [2.45, 2.75) is 20.3 Å². The zero-order valence-electron chi connectivity index (χ0n) is 13.7. The molecule has 0 unspecified atom stereocenters. The number of amides is 1. The van der Waals surface area contributed by atoms with E-state index in [9.17, 15) is 15.0 Å². The van der Waals surface area contributed by atoms with E-state index in [1.807, 2.05) is 32.0 Å². The number of phenolic OH excluding ortho intramolecular Hbond substituents is 1. The summed E-state index contributed by atoms with van der Waals surface area (Å²) in [4.78, 5) is 11.6. The molecule has 7 nitrogen and oxygen atoms in total. The van der Waals surface area contributed by atoms with Gasteiger partial charge in [-0.3, -0.25) is 4.79 Å². The topological polar surface area (TPSA) is 100 Å². The third-order valence-corrected chi connectivity index (χ3v) is 4.20. The summed E-state index contributed by atoms with van der Waals surface area (Å²) >= 11 is 0. The van der Waals surface area contributed by atoms with Crippen LogP contribution >= 0.6 is 0 Å². The lowest BCUT2D eigenvalue weighted by atomic mass is 10.1. The van der Waals surface area contributed by atoms with E-state index in [1.165, 1.54) is 10.6 Å². The number of carbonyl (C=O) groups is 1. The molecule has 1 aliphatic heterocycles. The van der Waals surface area contributed by atoms with Gasteiger partial charge in [-0.1, -0.05) is 11.2 Å². The summed E-state index contributed by atoms with van der Waals surface area (Å²) in [5, 5.41) is 31.1. The standard InChI is InChI=1S/C18H16N4O3/c1-9-3-10(2)5-12(4-9)22-17(20-21-18(22)25)13-6-11-7-16(24)19-14(11)8-15(13)23/h3-6,8,23H,7H2,1-2H3,(H,19,24)(H,21,25). The summed E-state index contributed by atoms with van der Waals surface area (Å²) in [7, 11) is 0. The second kappa shape index (κ2) is 5.34. The number of aryl methyl sites for hydroxylation is 2. The highest BCUT2D eigenvalue weighted by atomic mass is 16.3. The van der Waals surface area contributed by atoms with Gasteiger partial charge in [-0.05, 0) is 48.7 Å². The Morgan fingerprint density at radius 2 is 1.76 bits per heavy atom. The van der Waals surface area contributed by atoms with Crippen molar-refractivity contribution in [3.63, 3.8) is 0 Å². The fourth-order valence-electron chi connectivity index (χ4n) is 3.21. The minimum atomic E-state index is -0.269. The van der Waals surface area contributed by atoms with Gasteiger partial charge in [0.1, 0.15) is 5.75 Å². The molecule has 1 amide bonds. The van der Waals surface area contributed by atoms with Gasteiger partial charge >= 0.3 is 6.01 Å². The van der Waals surface area contributed by atoms with E-state index < -0.39 is 0 Å². The molecule has 126 valence electrons. The Balaban J connectivity index is 1.91. The van der Waals surface area contributed by atoms with Gasteiger partial charge in [-0.15, -0.1) is 5.10 Å². The highest BCUT2D eigenvalue weighted by Gasteiger charge is 2.24. The van der Waals surface area contributed by atoms with Crippen molar-refractivity contribution in [2.24, 2.45) is 0 Å². The van der Waals surface area contributed by atoms with E-state index in [0.29, 0.717) is 22.8 Å². The Labute approximate surface area is 143 Å². The summed E-state index contributed by atoms with van der Waals surface area (Å²) in [6.07, 6.45) is 0.242. The molecular formula is C18H16N4O3. The fraction of sp³-hybridized carbons (Fsp3) is 0.167. The van der Waals surface area contributed by atoms with Gasteiger partial charge in [-0.25, -0.2) is 4.57 Å². The van der Waals surface area contributed by atoms with Crippen LogP contribution in [0.4, 0.5) is 5.69 Å². The van der Waals surface area contributed by atoms with Crippen LogP contribution in [0.5, 0.6) is 11.8 Å². The first-order valence-electron chi connectivity index (χ1n) is 7.81. The lowest BCUT2D eigenvalue weighted by Gasteiger charge is -2.12. The smallest absolute Gasteiger partial charge is 0.319 e. The minimum Gasteiger partial charge on any atom is -0.507 e. The molecule has 1 aromatic heterocycles. The maximum Gasteiger partial charge on any atom is 0.319 e. The molecule has 4 rings (SSSR count). The molecule has 0 fully saturated rings. The summed E-state index contributed by atoms with van der Waals surface area (Å²) in [5.41, 5.74) is 4.52. The molecule has 2 aromatic carbocycles. The number of anilines is 1. The maximum absolute atomic E-state index is 11.6. The Bertz CT molecular complexity index is 1000. The molecule has 0 aliphatic carbocycles. The van der Waals surface area contributed by atoms with E-state index in [4.69, 9.17) is 0 Å². The number of carbonyl (C=O) groups excluding carboxylic acids is 1. The van der Waals surface area contributed by atoms with E-state index in [-0.39, 0.29) is 24.1 Å². The Morgan fingerprint density at radius 1 is 1.04 bits per heavy atom. The predicted molar refractivity (Wildman–Crippen MR) is 91.9 cm³/mol. The van der Waals surface area contributed by atoms with Crippen LogP contribution < -0.4 is 5.32 Å². The molecule has 25 heavy (non-hydrogen) atoms. The van der Waals surface area contributed by atoms with Crippen LogP contribution in [0.15, 0.2) is 30.3 Å². The fourth-order valence-corrected chi connectivity index (χ4v) is 3.21. The minimum absolute atomic E-state index is 0.0426. The van der Waals surface area contributed by atoms with Crippen molar-refractivity contribution in [1.29, 1.82) is 0 Å². The first kappa shape index (κ1) is 15.2. The third kappa shape index (κ3) is 2.50. The number of hydrogen-bond donors (Lipinski definition) is 3. The molecule has 0 spiro atoms. The average Bonchev–Trinajstić information content (AvgIpc) is 3.06. The molecule has 3 N–H and O–H groups in total. The largest absolute Gasteiger partial charge is 0.507 e. The van der Waals surface area contributed by atoms with Gasteiger partial charge in [0, 0.05) is 11.8 Å². The van der Waals surface area contributed by atoms with Crippen molar-refractivity contribution >= 4 is 11.6 Å². The number of aromatic hydroxyl groups is 2. The second-order valence-electron chi connectivity index (χ2n) is 6.26. The number of nitrogens with zero attached hydrogens (tertiary/aromatic N) is 3. The molecule has 0 bridgehead atoms. The molecule has 0 saturated heterocycles. The molecule has 7 heteroatoms. The third-order valence-electron chi connectivity index (χ3n) is 4.20. The SMILES string of the molecule is Cc1cc(C)cc(-n2c(O)nnc2-c2cc3c(cc2O)NC(=O)C3)c1. The Kier molecular flexibility index (Phi) is 3.24. The predicted octanol–water partition coefficient (Wildman–Crippen LogP) is 2.46. The van der Waals surface area contributed by atoms with Crippen LogP contribution in [-0.4, -0.2) is 30.9 Å². The van der Waals surface area contributed by atoms with E-state index in [0.717, 1.165) is 16.7 Å². The van der Waals surface area contributed by atoms with E-state index in [2.05, 4.69) is 15.5 Å². The van der Waals surface area contributed by atoms with Gasteiger partial charge in [0.25, 0.3) is 0 Å². The van der Waals surface area contributed by atoms with E-state index >= 15 is 0 Å². The molecule has 3 aromatic rings. The number of benzene rings is 2. The summed E-state index contributed by atoms with van der Waals surface area (Å²) in [5.74, 6) is 0.145. The van der Waals surface area contributed by atoms with E-state index in [1.54, 1.807) is 6.07 Å². The highest BCUT2D eigenvalue weighted by Crippen LogP contribution is 2.38. The summed E-state index contributed by atoms with van der Waals surface area (Å²) in [6.45, 7) is 3.92. The number of phenols is 1. The lowest BCUT2D eigenvalue weighted by Crippen LogP contribution is -2.03. The van der Waals surface area contributed by atoms with Crippen molar-refractivity contribution in [2.75, 3.05) is 5.32 Å². The monoisotopic (exact) mass is 336 g/mol. The Morgan fingerprint density at radius 3 is 2.48 bits per heavy atom. The number of aromatic nitrogens is 3. The lowest BCUT2D eigenvalue weighted by molar-refractivity contribution is -0.115. The molecular weight excluding hydrogens is 320 g/mol. The number of hydrogen-bond acceptors (Lipinski definition) is 5. The van der Waals surface area contributed by atoms with Crippen LogP contribution in [0, 0.1) is 13.8 Å². The molecule has 0 saturated carbocycles. The summed E-state index contributed by atoms with van der Waals surface area (Å²) in [6, 6.07) is 8.74. The number of rotatable bonds is 2. The maximum atomic E-state index is 11.6. The summed E-state index contributed by atoms with van der Waals surface area (Å²) < 4.78 is 1.48. The second-order valence-corrected chi connectivity index (χ2v) is 6.26. The van der Waals surface area contributed by atoms with Crippen LogP contribution in [0.2, 0.25) is 0 Å². The van der Waals surface area contributed by atoms with Crippen molar-refractivity contribution in [1.82, 2.24) is 14.8 Å². The van der Waals surface area contributed by atoms with Crippen LogP contribution in [0.3, 0.4) is 0 Å². The van der Waals surface area contributed by atoms with Gasteiger partial charge in [0.15, 0.2) is 5.82 Å². The van der Waals surface area contributed by atoms with Crippen LogP contribution in [-0.2, 0) is 11.2 Å². The molecule has 2 heterocycles. The van der Waals surface area contributed by atoms with Crippen molar-refractivity contribution < 1.29 is 15.0 Å². The van der Waals surface area contributed by atoms with Crippen molar-refractivity contribution in [3.8, 4) is 28.8 Å². The van der Waals surface area contributed by atoms with Crippen LogP contribution in [0.25, 0.3) is 17.1 Å². The van der Waals surface area contributed by atoms with Crippen molar-refractivity contribution in [3.05, 3.63) is 47.0 Å². The van der Waals surface area contributed by atoms with Gasteiger partial charge in [0.2, 0.25) is 5.91 Å². The van der Waals surface area contributed by atoms with Gasteiger partial charge in [-0.2, -0.15) is 0 Å². The van der Waals surface area contributed by atoms with Gasteiger partial charge in [0.05, 0.1) is 17.7 Å². The normalized spacial score (nSPS) is 13.0. The van der Waals surface area contributed by atoms with Crippen LogP contribution in [0.1, 0.15) is 16.7 Å². The van der Waals surface area contributed by atoms with Gasteiger partial charge < -0.3 is 15.5 Å². The average molecular weight is 336 g/mol. The number of nitrogens with one attached hydrogen (secondary N) is 1. The zero-order chi connectivity index (χ0) is 17.7. The highest BCUT2D eigenvalue weighted by molar-refractivity contribution is 6.00. The molecule has 0 atom stereocenters. The molecule has 1 aliphatic rings. The first-order chi connectivity index (χ1) is 11.9. The quantitative estimate of drug-likeness (QED) is 0.667. The number of fused-ring (bicyclic) bond motifs is 1. The Hall–Kier alpha value is -3.35. The first-order valence-corrected chi connectivity index (χ1v) is 7.81. The zero-order valence-corrected chi connectivity index (χ0v) is 13.7. The molecule has 0 radical (unpaired) electrons.